The predicted octanol–water partition coefficient (Wildman–Crippen LogP) is 3.94. The van der Waals surface area contributed by atoms with Crippen molar-refractivity contribution in [3.05, 3.63) is 66.2 Å². The van der Waals surface area contributed by atoms with Gasteiger partial charge in [-0.25, -0.2) is 0 Å². The van der Waals surface area contributed by atoms with Gasteiger partial charge in [0.05, 0.1) is 12.3 Å². The summed E-state index contributed by atoms with van der Waals surface area (Å²) in [5, 5.41) is 11.6. The molecule has 1 aliphatic rings. The van der Waals surface area contributed by atoms with Crippen LogP contribution in [0.15, 0.2) is 60.7 Å². The zero-order valence-corrected chi connectivity index (χ0v) is 14.8. The topological polar surface area (TPSA) is 51.1 Å². The quantitative estimate of drug-likeness (QED) is 0.704. The molecule has 1 aromatic heterocycles. The second-order valence-corrected chi connectivity index (χ2v) is 6.77. The van der Waals surface area contributed by atoms with Crippen LogP contribution in [0.5, 0.6) is 5.75 Å². The van der Waals surface area contributed by atoms with Crippen LogP contribution in [0.25, 0.3) is 11.3 Å². The molecule has 6 heteroatoms. The molecule has 2 heterocycles. The van der Waals surface area contributed by atoms with Gasteiger partial charge in [-0.05, 0) is 36.8 Å². The van der Waals surface area contributed by atoms with Gasteiger partial charge in [0.1, 0.15) is 17.1 Å². The standard InChI is InChI=1S/C19H20N4OS/c1-2-24-16-10-8-15(9-11-16)17-12-18-21-19(25-23(18)22-17)20-13-14-6-4-3-5-7-14/h3-12,19-21H,2,13H2,1H3/t19-/m0/s1. The van der Waals surface area contributed by atoms with Crippen molar-refractivity contribution in [1.29, 1.82) is 0 Å². The average Bonchev–Trinajstić information content (AvgIpc) is 3.20. The minimum absolute atomic E-state index is 0.122. The third kappa shape index (κ3) is 3.65. The first-order valence-electron chi connectivity index (χ1n) is 8.36. The predicted molar refractivity (Wildman–Crippen MR) is 103 cm³/mol. The Bertz CT molecular complexity index is 809. The van der Waals surface area contributed by atoms with Crippen LogP contribution < -0.4 is 15.4 Å². The Labute approximate surface area is 151 Å². The number of hydrogen-bond acceptors (Lipinski definition) is 5. The fraction of sp³-hybridized carbons (Fsp3) is 0.211. The van der Waals surface area contributed by atoms with Crippen LogP contribution in [0.2, 0.25) is 0 Å². The molecule has 0 fully saturated rings. The van der Waals surface area contributed by atoms with E-state index in [4.69, 9.17) is 4.74 Å². The number of ether oxygens (including phenoxy) is 1. The molecule has 1 aliphatic heterocycles. The van der Waals surface area contributed by atoms with Gasteiger partial charge in [0.15, 0.2) is 0 Å². The molecule has 0 radical (unpaired) electrons. The van der Waals surface area contributed by atoms with Crippen molar-refractivity contribution >= 4 is 17.8 Å². The number of aromatic nitrogens is 2. The third-order valence-electron chi connectivity index (χ3n) is 3.96. The van der Waals surface area contributed by atoms with Gasteiger partial charge in [-0.3, -0.25) is 5.32 Å². The molecule has 2 aromatic carbocycles. The van der Waals surface area contributed by atoms with Crippen molar-refractivity contribution in [3.63, 3.8) is 0 Å². The van der Waals surface area contributed by atoms with Crippen molar-refractivity contribution in [1.82, 2.24) is 14.5 Å². The van der Waals surface area contributed by atoms with Gasteiger partial charge < -0.3 is 10.1 Å². The highest BCUT2D eigenvalue weighted by atomic mass is 32.2. The average molecular weight is 352 g/mol. The monoisotopic (exact) mass is 352 g/mol. The lowest BCUT2D eigenvalue weighted by Gasteiger charge is -2.11. The summed E-state index contributed by atoms with van der Waals surface area (Å²) in [4.78, 5) is 0. The lowest BCUT2D eigenvalue weighted by Crippen LogP contribution is -2.30. The van der Waals surface area contributed by atoms with Crippen molar-refractivity contribution in [2.24, 2.45) is 0 Å². The highest BCUT2D eigenvalue weighted by molar-refractivity contribution is 7.98. The highest BCUT2D eigenvalue weighted by Crippen LogP contribution is 2.32. The van der Waals surface area contributed by atoms with Gasteiger partial charge in [-0.15, -0.1) is 0 Å². The van der Waals surface area contributed by atoms with E-state index in [2.05, 4.69) is 46.1 Å². The Kier molecular flexibility index (Phi) is 4.63. The fourth-order valence-corrected chi connectivity index (χ4v) is 3.61. The molecule has 0 amide bonds. The molecular formula is C19H20N4OS. The number of nitrogens with one attached hydrogen (secondary N) is 2. The molecule has 25 heavy (non-hydrogen) atoms. The molecule has 0 saturated carbocycles. The number of anilines is 1. The molecular weight excluding hydrogens is 332 g/mol. The van der Waals surface area contributed by atoms with Crippen LogP contribution in [-0.2, 0) is 6.54 Å². The summed E-state index contributed by atoms with van der Waals surface area (Å²) in [5.74, 6) is 1.90. The van der Waals surface area contributed by atoms with E-state index in [1.165, 1.54) is 5.56 Å². The summed E-state index contributed by atoms with van der Waals surface area (Å²) >= 11 is 1.64. The minimum atomic E-state index is 0.122. The number of fused-ring (bicyclic) bond motifs is 1. The first kappa shape index (κ1) is 16.1. The Hall–Kier alpha value is -2.44. The van der Waals surface area contributed by atoms with Crippen LogP contribution in [0.4, 0.5) is 5.82 Å². The largest absolute Gasteiger partial charge is 0.494 e. The first-order valence-corrected chi connectivity index (χ1v) is 9.20. The Morgan fingerprint density at radius 1 is 1.16 bits per heavy atom. The maximum Gasteiger partial charge on any atom is 0.148 e. The third-order valence-corrected chi connectivity index (χ3v) is 4.93. The smallest absolute Gasteiger partial charge is 0.148 e. The van der Waals surface area contributed by atoms with E-state index >= 15 is 0 Å². The van der Waals surface area contributed by atoms with Gasteiger partial charge >= 0.3 is 0 Å². The summed E-state index contributed by atoms with van der Waals surface area (Å²) in [6.45, 7) is 3.48. The molecule has 0 saturated heterocycles. The summed E-state index contributed by atoms with van der Waals surface area (Å²) in [6, 6.07) is 20.5. The van der Waals surface area contributed by atoms with E-state index in [1.54, 1.807) is 11.9 Å². The van der Waals surface area contributed by atoms with Gasteiger partial charge in [-0.2, -0.15) is 9.19 Å². The van der Waals surface area contributed by atoms with E-state index in [1.807, 2.05) is 41.3 Å². The van der Waals surface area contributed by atoms with E-state index in [-0.39, 0.29) is 5.50 Å². The molecule has 1 atom stereocenters. The second-order valence-electron chi connectivity index (χ2n) is 5.74. The second kappa shape index (κ2) is 7.21. The molecule has 128 valence electrons. The molecule has 3 aromatic rings. The molecule has 4 rings (SSSR count). The van der Waals surface area contributed by atoms with E-state index < -0.39 is 0 Å². The normalized spacial score (nSPS) is 15.6. The Morgan fingerprint density at radius 3 is 2.68 bits per heavy atom. The zero-order valence-electron chi connectivity index (χ0n) is 14.0. The summed E-state index contributed by atoms with van der Waals surface area (Å²) in [5.41, 5.74) is 3.43. The summed E-state index contributed by atoms with van der Waals surface area (Å²) < 4.78 is 7.42. The number of benzene rings is 2. The van der Waals surface area contributed by atoms with E-state index in [9.17, 15) is 0 Å². The molecule has 0 bridgehead atoms. The molecule has 0 aliphatic carbocycles. The van der Waals surface area contributed by atoms with Gasteiger partial charge in [0.2, 0.25) is 0 Å². The van der Waals surface area contributed by atoms with Crippen LogP contribution in [-0.4, -0.2) is 21.3 Å². The Balaban J connectivity index is 1.38. The van der Waals surface area contributed by atoms with E-state index in [0.717, 1.165) is 29.4 Å². The fourth-order valence-electron chi connectivity index (χ4n) is 2.73. The molecule has 5 nitrogen and oxygen atoms in total. The number of hydrogen-bond donors (Lipinski definition) is 2. The maximum absolute atomic E-state index is 5.49. The summed E-state index contributed by atoms with van der Waals surface area (Å²) in [7, 11) is 0. The zero-order chi connectivity index (χ0) is 17.1. The first-order chi connectivity index (χ1) is 12.3. The lowest BCUT2D eigenvalue weighted by molar-refractivity contribution is 0.340. The van der Waals surface area contributed by atoms with Crippen molar-refractivity contribution < 1.29 is 4.74 Å². The number of nitrogens with zero attached hydrogens (tertiary/aromatic N) is 2. The SMILES string of the molecule is CCOc1ccc(-c2cc3n(n2)S[C@@H](NCc2ccccc2)N3)cc1. The minimum Gasteiger partial charge on any atom is -0.494 e. The van der Waals surface area contributed by atoms with Crippen LogP contribution in [0, 0.1) is 0 Å². The molecule has 2 N–H and O–H groups in total. The van der Waals surface area contributed by atoms with Crippen LogP contribution in [0.3, 0.4) is 0 Å². The van der Waals surface area contributed by atoms with Crippen molar-refractivity contribution in [3.8, 4) is 17.0 Å². The van der Waals surface area contributed by atoms with Gasteiger partial charge in [0, 0.05) is 30.1 Å². The Morgan fingerprint density at radius 2 is 1.96 bits per heavy atom. The van der Waals surface area contributed by atoms with E-state index in [0.29, 0.717) is 6.61 Å². The maximum atomic E-state index is 5.49. The van der Waals surface area contributed by atoms with Gasteiger partial charge in [-0.1, -0.05) is 30.3 Å². The van der Waals surface area contributed by atoms with Crippen molar-refractivity contribution in [2.45, 2.75) is 19.0 Å². The number of rotatable bonds is 6. The van der Waals surface area contributed by atoms with Crippen LogP contribution in [0.1, 0.15) is 12.5 Å². The highest BCUT2D eigenvalue weighted by Gasteiger charge is 2.23. The molecule has 0 spiro atoms. The van der Waals surface area contributed by atoms with Gasteiger partial charge in [0.25, 0.3) is 0 Å². The summed E-state index contributed by atoms with van der Waals surface area (Å²) in [6.07, 6.45) is 0. The lowest BCUT2D eigenvalue weighted by atomic mass is 10.1. The van der Waals surface area contributed by atoms with Crippen LogP contribution >= 0.6 is 11.9 Å². The van der Waals surface area contributed by atoms with Crippen molar-refractivity contribution in [2.75, 3.05) is 11.9 Å². The molecule has 0 unspecified atom stereocenters.